The van der Waals surface area contributed by atoms with Crippen molar-refractivity contribution in [3.63, 3.8) is 0 Å². The van der Waals surface area contributed by atoms with E-state index in [4.69, 9.17) is 0 Å². The molecule has 0 saturated heterocycles. The molecule has 0 unspecified atom stereocenters. The number of aromatic nitrogens is 1. The average Bonchev–Trinajstić information content (AvgIpc) is 3.55. The van der Waals surface area contributed by atoms with Crippen molar-refractivity contribution in [3.8, 4) is 6.07 Å². The maximum Gasteiger partial charge on any atom is 0.102 e. The Balaban J connectivity index is 1.74. The summed E-state index contributed by atoms with van der Waals surface area (Å²) in [4.78, 5) is 2.55. The van der Waals surface area contributed by atoms with Gasteiger partial charge in [0.1, 0.15) is 6.07 Å². The van der Waals surface area contributed by atoms with Crippen LogP contribution in [0.15, 0.2) is 36.4 Å². The van der Waals surface area contributed by atoms with Crippen LogP contribution in [0.1, 0.15) is 74.7 Å². The minimum Gasteiger partial charge on any atom is -0.363 e. The molecular formula is C26H31N3. The van der Waals surface area contributed by atoms with Crippen LogP contribution >= 0.6 is 0 Å². The number of hydrogen-bond acceptors (Lipinski definition) is 2. The number of nitriles is 1. The van der Waals surface area contributed by atoms with Gasteiger partial charge in [-0.25, -0.2) is 0 Å². The lowest BCUT2D eigenvalue weighted by Crippen LogP contribution is -2.35. The third-order valence-corrected chi connectivity index (χ3v) is 7.25. The van der Waals surface area contributed by atoms with E-state index < -0.39 is 0 Å². The summed E-state index contributed by atoms with van der Waals surface area (Å²) in [5, 5.41) is 11.4. The van der Waals surface area contributed by atoms with Gasteiger partial charge in [0.25, 0.3) is 0 Å². The Morgan fingerprint density at radius 2 is 1.90 bits per heavy atom. The number of nitrogens with zero attached hydrogens (tertiary/aromatic N) is 3. The second-order valence-electron chi connectivity index (χ2n) is 9.23. The fourth-order valence-electron chi connectivity index (χ4n) is 5.47. The second-order valence-corrected chi connectivity index (χ2v) is 9.23. The Labute approximate surface area is 174 Å². The third-order valence-electron chi connectivity index (χ3n) is 7.25. The molecule has 3 aliphatic rings. The summed E-state index contributed by atoms with van der Waals surface area (Å²) in [6, 6.07) is 10.3. The second kappa shape index (κ2) is 7.41. The lowest BCUT2D eigenvalue weighted by Gasteiger charge is -2.36. The van der Waals surface area contributed by atoms with E-state index in [1.165, 1.54) is 61.7 Å². The molecule has 2 aromatic rings. The first-order chi connectivity index (χ1) is 14.2. The summed E-state index contributed by atoms with van der Waals surface area (Å²) >= 11 is 0. The van der Waals surface area contributed by atoms with Crippen molar-refractivity contribution in [2.45, 2.75) is 70.9 Å². The van der Waals surface area contributed by atoms with Crippen LogP contribution in [0.5, 0.6) is 0 Å². The molecule has 1 aromatic carbocycles. The van der Waals surface area contributed by atoms with Crippen LogP contribution < -0.4 is 0 Å². The maximum atomic E-state index is 10.3. The molecule has 0 amide bonds. The first-order valence-corrected chi connectivity index (χ1v) is 11.4. The minimum atomic E-state index is 0.496. The molecule has 1 aromatic heterocycles. The van der Waals surface area contributed by atoms with E-state index in [-0.39, 0.29) is 0 Å². The topological polar surface area (TPSA) is 32.0 Å². The molecule has 5 rings (SSSR count). The number of benzene rings is 1. The summed E-state index contributed by atoms with van der Waals surface area (Å²) in [6.45, 7) is 5.44. The summed E-state index contributed by atoms with van der Waals surface area (Å²) in [5.41, 5.74) is 5.74. The number of aryl methyl sites for hydroxylation is 1. The van der Waals surface area contributed by atoms with Gasteiger partial charge in [-0.1, -0.05) is 43.0 Å². The third kappa shape index (κ3) is 3.19. The molecule has 2 heterocycles. The van der Waals surface area contributed by atoms with Gasteiger partial charge < -0.3 is 9.47 Å². The zero-order valence-electron chi connectivity index (χ0n) is 17.7. The molecule has 0 bridgehead atoms. The molecular weight excluding hydrogens is 354 g/mol. The largest absolute Gasteiger partial charge is 0.363 e. The number of rotatable bonds is 4. The SMILES string of the molecule is Cc1ccc2c(c1)c(C#N)c(C1=CC=CCN1[C@@H](C)C1CC1)n2C1CCCCC1. The Morgan fingerprint density at radius 3 is 2.62 bits per heavy atom. The van der Waals surface area contributed by atoms with E-state index in [2.05, 4.69) is 65.8 Å². The fraction of sp³-hybridized carbons (Fsp3) is 0.500. The monoisotopic (exact) mass is 385 g/mol. The highest BCUT2D eigenvalue weighted by atomic mass is 15.2. The van der Waals surface area contributed by atoms with Gasteiger partial charge in [0.2, 0.25) is 0 Å². The first-order valence-electron chi connectivity index (χ1n) is 11.4. The zero-order valence-corrected chi connectivity index (χ0v) is 17.7. The predicted molar refractivity (Wildman–Crippen MR) is 120 cm³/mol. The smallest absolute Gasteiger partial charge is 0.102 e. The van der Waals surface area contributed by atoms with E-state index in [9.17, 15) is 5.26 Å². The van der Waals surface area contributed by atoms with Gasteiger partial charge in [0, 0.05) is 24.0 Å². The lowest BCUT2D eigenvalue weighted by molar-refractivity contribution is 0.301. The molecule has 3 nitrogen and oxygen atoms in total. The van der Waals surface area contributed by atoms with Gasteiger partial charge >= 0.3 is 0 Å². The highest BCUT2D eigenvalue weighted by molar-refractivity contribution is 5.93. The summed E-state index contributed by atoms with van der Waals surface area (Å²) in [7, 11) is 0. The van der Waals surface area contributed by atoms with Crippen LogP contribution in [0, 0.1) is 24.2 Å². The normalized spacial score (nSPS) is 21.3. The summed E-state index contributed by atoms with van der Waals surface area (Å²) in [6.07, 6.45) is 15.7. The van der Waals surface area contributed by atoms with Crippen molar-refractivity contribution in [1.82, 2.24) is 9.47 Å². The average molecular weight is 386 g/mol. The van der Waals surface area contributed by atoms with Crippen LogP contribution in [0.4, 0.5) is 0 Å². The minimum absolute atomic E-state index is 0.496. The molecule has 150 valence electrons. The van der Waals surface area contributed by atoms with Crippen molar-refractivity contribution in [1.29, 1.82) is 5.26 Å². The molecule has 1 aliphatic heterocycles. The van der Waals surface area contributed by atoms with Gasteiger partial charge in [-0.05, 0) is 63.7 Å². The van der Waals surface area contributed by atoms with E-state index in [0.29, 0.717) is 12.1 Å². The van der Waals surface area contributed by atoms with E-state index in [1.807, 2.05) is 0 Å². The van der Waals surface area contributed by atoms with Crippen molar-refractivity contribution < 1.29 is 0 Å². The molecule has 2 aliphatic carbocycles. The van der Waals surface area contributed by atoms with Gasteiger partial charge in [0.05, 0.1) is 22.5 Å². The highest BCUT2D eigenvalue weighted by Gasteiger charge is 2.36. The zero-order chi connectivity index (χ0) is 20.0. The Bertz CT molecular complexity index is 1020. The Morgan fingerprint density at radius 1 is 1.10 bits per heavy atom. The fourth-order valence-corrected chi connectivity index (χ4v) is 5.47. The molecule has 1 atom stereocenters. The molecule has 0 radical (unpaired) electrons. The lowest BCUT2D eigenvalue weighted by atomic mass is 9.94. The Hall–Kier alpha value is -2.47. The van der Waals surface area contributed by atoms with Crippen LogP contribution in [0.3, 0.4) is 0 Å². The summed E-state index contributed by atoms with van der Waals surface area (Å²) in [5.74, 6) is 0.796. The molecule has 29 heavy (non-hydrogen) atoms. The van der Waals surface area contributed by atoms with Gasteiger partial charge in [-0.3, -0.25) is 0 Å². The van der Waals surface area contributed by atoms with E-state index >= 15 is 0 Å². The van der Waals surface area contributed by atoms with Gasteiger partial charge in [0.15, 0.2) is 0 Å². The van der Waals surface area contributed by atoms with Crippen molar-refractivity contribution in [2.24, 2.45) is 5.92 Å². The number of allylic oxidation sites excluding steroid dienone is 2. The molecule has 0 spiro atoms. The van der Waals surface area contributed by atoms with Gasteiger partial charge in [-0.15, -0.1) is 0 Å². The number of hydrogen-bond donors (Lipinski definition) is 0. The molecule has 2 fully saturated rings. The first kappa shape index (κ1) is 18.6. The standard InChI is InChI=1S/C26H31N3/c1-18-11-14-24-22(16-18)23(17-27)26(29(24)21-8-4-3-5-9-21)25-10-6-7-15-28(25)19(2)20-12-13-20/h6-7,10-11,14,16,19-21H,3-5,8-9,12-13,15H2,1-2H3/t19-/m0/s1. The predicted octanol–water partition coefficient (Wildman–Crippen LogP) is 6.34. The van der Waals surface area contributed by atoms with Crippen molar-refractivity contribution >= 4 is 16.6 Å². The van der Waals surface area contributed by atoms with Crippen molar-refractivity contribution in [3.05, 3.63) is 53.2 Å². The summed E-state index contributed by atoms with van der Waals surface area (Å²) < 4.78 is 2.55. The molecule has 3 heteroatoms. The van der Waals surface area contributed by atoms with Crippen LogP contribution in [-0.4, -0.2) is 22.1 Å². The van der Waals surface area contributed by atoms with Crippen LogP contribution in [-0.2, 0) is 0 Å². The van der Waals surface area contributed by atoms with Gasteiger partial charge in [-0.2, -0.15) is 5.26 Å². The highest BCUT2D eigenvalue weighted by Crippen LogP contribution is 2.43. The van der Waals surface area contributed by atoms with E-state index in [0.717, 1.165) is 29.1 Å². The quantitative estimate of drug-likeness (QED) is 0.615. The Kier molecular flexibility index (Phi) is 4.74. The van der Waals surface area contributed by atoms with Crippen molar-refractivity contribution in [2.75, 3.05) is 6.54 Å². The number of fused-ring (bicyclic) bond motifs is 1. The molecule has 0 N–H and O–H groups in total. The van der Waals surface area contributed by atoms with Crippen LogP contribution in [0.25, 0.3) is 16.6 Å². The molecule has 2 saturated carbocycles. The van der Waals surface area contributed by atoms with E-state index in [1.54, 1.807) is 0 Å². The maximum absolute atomic E-state index is 10.3. The van der Waals surface area contributed by atoms with Crippen LogP contribution in [0.2, 0.25) is 0 Å².